The van der Waals surface area contributed by atoms with Gasteiger partial charge in [0.15, 0.2) is 11.6 Å². The van der Waals surface area contributed by atoms with Crippen molar-refractivity contribution in [2.75, 3.05) is 20.2 Å². The van der Waals surface area contributed by atoms with E-state index < -0.39 is 39.3 Å². The molecule has 0 aliphatic carbocycles. The summed E-state index contributed by atoms with van der Waals surface area (Å²) in [5.41, 5.74) is 0.550. The van der Waals surface area contributed by atoms with Crippen molar-refractivity contribution in [1.82, 2.24) is 5.32 Å². The zero-order chi connectivity index (χ0) is 19.8. The van der Waals surface area contributed by atoms with E-state index >= 15 is 0 Å². The van der Waals surface area contributed by atoms with Gasteiger partial charge in [0.2, 0.25) is 10.0 Å². The van der Waals surface area contributed by atoms with E-state index in [9.17, 15) is 21.6 Å². The molecule has 0 spiro atoms. The maximum atomic E-state index is 14.4. The number of rotatable bonds is 4. The second kappa shape index (κ2) is 7.49. The molecular weight excluding hydrogens is 381 g/mol. The molecule has 0 radical (unpaired) electrons. The van der Waals surface area contributed by atoms with Crippen LogP contribution in [0.1, 0.15) is 29.4 Å². The van der Waals surface area contributed by atoms with E-state index in [0.29, 0.717) is 31.1 Å². The van der Waals surface area contributed by atoms with Crippen LogP contribution in [0, 0.1) is 17.5 Å². The second-order valence-electron chi connectivity index (χ2n) is 6.42. The van der Waals surface area contributed by atoms with Crippen molar-refractivity contribution in [3.05, 3.63) is 58.9 Å². The number of hydrogen-bond donors (Lipinski definition) is 2. The molecule has 0 bridgehead atoms. The summed E-state index contributed by atoms with van der Waals surface area (Å²) in [7, 11) is -2.72. The van der Waals surface area contributed by atoms with Crippen molar-refractivity contribution in [3.63, 3.8) is 0 Å². The van der Waals surface area contributed by atoms with Crippen molar-refractivity contribution in [2.24, 2.45) is 5.14 Å². The molecule has 5 nitrogen and oxygen atoms in total. The number of hydrogen-bond acceptors (Lipinski definition) is 4. The molecule has 2 atom stereocenters. The zero-order valence-electron chi connectivity index (χ0n) is 14.5. The Morgan fingerprint density at radius 1 is 1.07 bits per heavy atom. The average molecular weight is 400 g/mol. The third-order valence-electron chi connectivity index (χ3n) is 4.84. The SMILES string of the molecule is COc1c([C@@H]2CNCC[C@H]2c2cc(F)c(F)cc2F)cccc1S(N)(=O)=O. The maximum absolute atomic E-state index is 14.4. The first-order valence-electron chi connectivity index (χ1n) is 8.29. The predicted octanol–water partition coefficient (Wildman–Crippen LogP) is 2.62. The minimum atomic E-state index is -4.04. The number of ether oxygens (including phenoxy) is 1. The lowest BCUT2D eigenvalue weighted by Gasteiger charge is -2.34. The average Bonchev–Trinajstić information content (AvgIpc) is 2.63. The van der Waals surface area contributed by atoms with Crippen molar-refractivity contribution in [3.8, 4) is 5.75 Å². The standard InChI is InChI=1S/C18H19F3N2O3S/c1-26-18-11(3-2-4-17(18)27(22,24)25)13-9-23-6-5-10(13)12-7-15(20)16(21)8-14(12)19/h2-4,7-8,10,13,23H,5-6,9H2,1H3,(H2,22,24,25)/t10-,13+/m0/s1. The lowest BCUT2D eigenvalue weighted by atomic mass is 9.77. The molecule has 2 aromatic carbocycles. The number of halogens is 3. The molecular formula is C18H19F3N2O3S. The van der Waals surface area contributed by atoms with Crippen LogP contribution in [0.15, 0.2) is 35.2 Å². The van der Waals surface area contributed by atoms with Crippen LogP contribution < -0.4 is 15.2 Å². The van der Waals surface area contributed by atoms with Crippen molar-refractivity contribution in [1.29, 1.82) is 0 Å². The van der Waals surface area contributed by atoms with Crippen LogP contribution >= 0.6 is 0 Å². The van der Waals surface area contributed by atoms with Gasteiger partial charge in [0, 0.05) is 24.1 Å². The van der Waals surface area contributed by atoms with E-state index in [4.69, 9.17) is 9.88 Å². The van der Waals surface area contributed by atoms with Gasteiger partial charge in [0.25, 0.3) is 0 Å². The largest absolute Gasteiger partial charge is 0.495 e. The molecule has 1 aliphatic heterocycles. The number of methoxy groups -OCH3 is 1. The van der Waals surface area contributed by atoms with Crippen molar-refractivity contribution < 1.29 is 26.3 Å². The smallest absolute Gasteiger partial charge is 0.241 e. The lowest BCUT2D eigenvalue weighted by molar-refractivity contribution is 0.358. The highest BCUT2D eigenvalue weighted by Crippen LogP contribution is 2.43. The second-order valence-corrected chi connectivity index (χ2v) is 7.95. The molecule has 3 N–H and O–H groups in total. The Balaban J connectivity index is 2.14. The van der Waals surface area contributed by atoms with Gasteiger partial charge in [-0.3, -0.25) is 0 Å². The van der Waals surface area contributed by atoms with Gasteiger partial charge in [0.05, 0.1) is 7.11 Å². The Bertz CT molecular complexity index is 967. The maximum Gasteiger partial charge on any atom is 0.241 e. The summed E-state index contributed by atoms with van der Waals surface area (Å²) in [5.74, 6) is -4.07. The lowest BCUT2D eigenvalue weighted by Crippen LogP contribution is -2.35. The summed E-state index contributed by atoms with van der Waals surface area (Å²) in [4.78, 5) is -0.183. The Labute approximate surface area is 155 Å². The molecule has 2 aromatic rings. The fourth-order valence-corrected chi connectivity index (χ4v) is 4.37. The highest BCUT2D eigenvalue weighted by Gasteiger charge is 2.33. The van der Waals surface area contributed by atoms with E-state index in [2.05, 4.69) is 5.32 Å². The number of primary sulfonamides is 1. The molecule has 1 aliphatic rings. The number of sulfonamides is 1. The van der Waals surface area contributed by atoms with Crippen LogP contribution in [0.3, 0.4) is 0 Å². The van der Waals surface area contributed by atoms with Crippen LogP contribution in [-0.4, -0.2) is 28.6 Å². The van der Waals surface area contributed by atoms with Crippen LogP contribution in [-0.2, 0) is 10.0 Å². The molecule has 146 valence electrons. The van der Waals surface area contributed by atoms with Gasteiger partial charge in [0.1, 0.15) is 16.5 Å². The Morgan fingerprint density at radius 2 is 1.78 bits per heavy atom. The number of nitrogens with one attached hydrogen (secondary N) is 1. The monoisotopic (exact) mass is 400 g/mol. The van der Waals surface area contributed by atoms with Crippen LogP contribution in [0.4, 0.5) is 13.2 Å². The summed E-state index contributed by atoms with van der Waals surface area (Å²) < 4.78 is 70.5. The Morgan fingerprint density at radius 3 is 2.44 bits per heavy atom. The van der Waals surface area contributed by atoms with Gasteiger partial charge in [-0.1, -0.05) is 12.1 Å². The number of para-hydroxylation sites is 1. The third-order valence-corrected chi connectivity index (χ3v) is 5.78. The molecule has 0 saturated carbocycles. The Kier molecular flexibility index (Phi) is 5.45. The zero-order valence-corrected chi connectivity index (χ0v) is 15.3. The van der Waals surface area contributed by atoms with Gasteiger partial charge in [-0.05, 0) is 36.6 Å². The summed E-state index contributed by atoms with van der Waals surface area (Å²) in [6.07, 6.45) is 0.454. The van der Waals surface area contributed by atoms with E-state index in [-0.39, 0.29) is 16.2 Å². The normalized spacial score (nSPS) is 20.5. The van der Waals surface area contributed by atoms with E-state index in [1.165, 1.54) is 19.2 Å². The number of benzene rings is 2. The fraction of sp³-hybridized carbons (Fsp3) is 0.333. The quantitative estimate of drug-likeness (QED) is 0.773. The van der Waals surface area contributed by atoms with Gasteiger partial charge in [-0.15, -0.1) is 0 Å². The van der Waals surface area contributed by atoms with Crippen LogP contribution in [0.25, 0.3) is 0 Å². The number of nitrogens with two attached hydrogens (primary N) is 1. The first-order chi connectivity index (χ1) is 12.7. The highest BCUT2D eigenvalue weighted by molar-refractivity contribution is 7.89. The van der Waals surface area contributed by atoms with Gasteiger partial charge >= 0.3 is 0 Å². The van der Waals surface area contributed by atoms with Gasteiger partial charge < -0.3 is 10.1 Å². The van der Waals surface area contributed by atoms with Crippen LogP contribution in [0.5, 0.6) is 5.75 Å². The van der Waals surface area contributed by atoms with E-state index in [0.717, 1.165) is 6.07 Å². The highest BCUT2D eigenvalue weighted by atomic mass is 32.2. The van der Waals surface area contributed by atoms with E-state index in [1.54, 1.807) is 6.07 Å². The topological polar surface area (TPSA) is 81.4 Å². The first-order valence-corrected chi connectivity index (χ1v) is 9.83. The van der Waals surface area contributed by atoms with Crippen molar-refractivity contribution >= 4 is 10.0 Å². The van der Waals surface area contributed by atoms with Crippen LogP contribution in [0.2, 0.25) is 0 Å². The van der Waals surface area contributed by atoms with Crippen molar-refractivity contribution in [2.45, 2.75) is 23.2 Å². The minimum Gasteiger partial charge on any atom is -0.495 e. The molecule has 1 fully saturated rings. The molecule has 1 saturated heterocycles. The summed E-state index contributed by atoms with van der Waals surface area (Å²) >= 11 is 0. The Hall–Kier alpha value is -2.10. The molecule has 9 heteroatoms. The number of piperidine rings is 1. The van der Waals surface area contributed by atoms with Gasteiger partial charge in [-0.2, -0.15) is 0 Å². The third kappa shape index (κ3) is 3.80. The van der Waals surface area contributed by atoms with E-state index in [1.807, 2.05) is 0 Å². The molecule has 0 amide bonds. The summed E-state index contributed by atoms with van der Waals surface area (Å²) in [6, 6.07) is 5.90. The predicted molar refractivity (Wildman–Crippen MR) is 93.7 cm³/mol. The summed E-state index contributed by atoms with van der Waals surface area (Å²) in [6.45, 7) is 0.935. The minimum absolute atomic E-state index is 0.0449. The van der Waals surface area contributed by atoms with Gasteiger partial charge in [-0.25, -0.2) is 26.7 Å². The molecule has 0 aromatic heterocycles. The molecule has 3 rings (SSSR count). The molecule has 27 heavy (non-hydrogen) atoms. The first kappa shape index (κ1) is 19.7. The summed E-state index contributed by atoms with van der Waals surface area (Å²) in [5, 5.41) is 8.42. The molecule has 1 heterocycles. The fourth-order valence-electron chi connectivity index (χ4n) is 3.65. The molecule has 0 unspecified atom stereocenters.